The van der Waals surface area contributed by atoms with Gasteiger partial charge in [0, 0.05) is 11.0 Å². The van der Waals surface area contributed by atoms with Gasteiger partial charge in [-0.15, -0.1) is 0 Å². The van der Waals surface area contributed by atoms with E-state index < -0.39 is 21.0 Å². The molecule has 1 unspecified atom stereocenters. The largest absolute Gasteiger partial charge is 0.329 e. The quantitative estimate of drug-likeness (QED) is 0.791. The van der Waals surface area contributed by atoms with Crippen LogP contribution in [0.4, 0.5) is 5.69 Å². The molecule has 3 N–H and O–H groups in total. The van der Waals surface area contributed by atoms with Gasteiger partial charge in [0.2, 0.25) is 5.91 Å². The summed E-state index contributed by atoms with van der Waals surface area (Å²) in [6.45, 7) is -0.219. The molecule has 1 amide bonds. The second-order valence-corrected chi connectivity index (χ2v) is 6.41. The van der Waals surface area contributed by atoms with Crippen LogP contribution in [0, 0.1) is 0 Å². The minimum Gasteiger partial charge on any atom is -0.329 e. The number of halogens is 1. The van der Waals surface area contributed by atoms with Crippen LogP contribution >= 0.6 is 15.9 Å². The predicted octanol–water partition coefficient (Wildman–Crippen LogP) is 0.502. The van der Waals surface area contributed by atoms with Crippen LogP contribution in [0.3, 0.4) is 0 Å². The van der Waals surface area contributed by atoms with Gasteiger partial charge in [-0.3, -0.25) is 4.79 Å². The molecule has 0 radical (unpaired) electrons. The third kappa shape index (κ3) is 1.64. The first-order valence-corrected chi connectivity index (χ1v) is 6.85. The van der Waals surface area contributed by atoms with E-state index in [1.807, 2.05) is 0 Å². The topological polar surface area (TPSA) is 89.3 Å². The summed E-state index contributed by atoms with van der Waals surface area (Å²) in [5.41, 5.74) is 5.60. The van der Waals surface area contributed by atoms with E-state index in [4.69, 9.17) is 5.73 Å². The molecule has 1 heterocycles. The van der Waals surface area contributed by atoms with Gasteiger partial charge in [-0.1, -0.05) is 15.9 Å². The average Bonchev–Trinajstić information content (AvgIpc) is 2.16. The van der Waals surface area contributed by atoms with E-state index in [9.17, 15) is 13.2 Å². The number of rotatable bonds is 1. The number of hydrogen-bond acceptors (Lipinski definition) is 4. The summed E-state index contributed by atoms with van der Waals surface area (Å²) in [7, 11) is -3.66. The van der Waals surface area contributed by atoms with E-state index in [-0.39, 0.29) is 11.4 Å². The number of nitrogens with two attached hydrogens (primary N) is 1. The van der Waals surface area contributed by atoms with Crippen LogP contribution < -0.4 is 11.1 Å². The highest BCUT2D eigenvalue weighted by molar-refractivity contribution is 9.10. The van der Waals surface area contributed by atoms with Gasteiger partial charge >= 0.3 is 0 Å². The van der Waals surface area contributed by atoms with E-state index in [0.29, 0.717) is 10.2 Å². The first kappa shape index (κ1) is 11.6. The maximum Gasteiger partial charge on any atom is 0.244 e. The number of anilines is 1. The highest BCUT2D eigenvalue weighted by Gasteiger charge is 2.39. The molecule has 5 nitrogen and oxygen atoms in total. The molecule has 0 fully saturated rings. The SMILES string of the molecule is NCC1C(=O)Nc2cc(Br)ccc2S1(=O)=O. The fourth-order valence-corrected chi connectivity index (χ4v) is 3.53. The van der Waals surface area contributed by atoms with Crippen LogP contribution in [0.1, 0.15) is 0 Å². The monoisotopic (exact) mass is 304 g/mol. The normalized spacial score (nSPS) is 22.4. The molecule has 0 saturated carbocycles. The second kappa shape index (κ2) is 3.83. The van der Waals surface area contributed by atoms with Gasteiger partial charge in [0.05, 0.1) is 10.6 Å². The summed E-state index contributed by atoms with van der Waals surface area (Å²) < 4.78 is 24.7. The predicted molar refractivity (Wildman–Crippen MR) is 62.8 cm³/mol. The maximum atomic E-state index is 12.0. The van der Waals surface area contributed by atoms with E-state index >= 15 is 0 Å². The third-order valence-electron chi connectivity index (χ3n) is 2.39. The summed E-state index contributed by atoms with van der Waals surface area (Å²) >= 11 is 3.21. The Morgan fingerprint density at radius 1 is 1.44 bits per heavy atom. The van der Waals surface area contributed by atoms with Crippen LogP contribution in [0.25, 0.3) is 0 Å². The molecule has 1 atom stereocenters. The maximum absolute atomic E-state index is 12.0. The number of carbonyl (C=O) groups excluding carboxylic acids is 1. The number of nitrogens with one attached hydrogen (secondary N) is 1. The number of fused-ring (bicyclic) bond motifs is 1. The van der Waals surface area contributed by atoms with E-state index in [0.717, 1.165) is 0 Å². The number of benzene rings is 1. The third-order valence-corrected chi connectivity index (χ3v) is 5.01. The standard InChI is InChI=1S/C9H9BrN2O3S/c10-5-1-2-7-6(3-5)12-9(13)8(4-11)16(7,14)15/h1-3,8H,4,11H2,(H,12,13). The summed E-state index contributed by atoms with van der Waals surface area (Å²) in [6.07, 6.45) is 0. The summed E-state index contributed by atoms with van der Waals surface area (Å²) in [6, 6.07) is 4.62. The molecule has 86 valence electrons. The molecule has 1 aromatic rings. The molecule has 1 aliphatic rings. The lowest BCUT2D eigenvalue weighted by molar-refractivity contribution is -0.115. The first-order chi connectivity index (χ1) is 7.46. The smallest absolute Gasteiger partial charge is 0.244 e. The molecule has 16 heavy (non-hydrogen) atoms. The molecular formula is C9H9BrN2O3S. The Labute approximate surface area is 101 Å². The van der Waals surface area contributed by atoms with E-state index in [1.54, 1.807) is 12.1 Å². The fourth-order valence-electron chi connectivity index (χ4n) is 1.59. The van der Waals surface area contributed by atoms with Crippen molar-refractivity contribution in [2.24, 2.45) is 5.73 Å². The lowest BCUT2D eigenvalue weighted by Crippen LogP contribution is -2.44. The number of sulfone groups is 1. The van der Waals surface area contributed by atoms with Crippen molar-refractivity contribution < 1.29 is 13.2 Å². The number of hydrogen-bond donors (Lipinski definition) is 2. The van der Waals surface area contributed by atoms with Gasteiger partial charge < -0.3 is 11.1 Å². The first-order valence-electron chi connectivity index (χ1n) is 4.51. The van der Waals surface area contributed by atoms with Crippen molar-refractivity contribution in [3.05, 3.63) is 22.7 Å². The molecule has 0 spiro atoms. The molecule has 0 saturated heterocycles. The highest BCUT2D eigenvalue weighted by atomic mass is 79.9. The van der Waals surface area contributed by atoms with Crippen molar-refractivity contribution >= 4 is 37.4 Å². The summed E-state index contributed by atoms with van der Waals surface area (Å²) in [4.78, 5) is 11.6. The Morgan fingerprint density at radius 2 is 2.12 bits per heavy atom. The number of carbonyl (C=O) groups is 1. The lowest BCUT2D eigenvalue weighted by Gasteiger charge is -2.23. The van der Waals surface area contributed by atoms with Gasteiger partial charge in [0.15, 0.2) is 15.1 Å². The molecule has 1 aromatic carbocycles. The Morgan fingerprint density at radius 3 is 2.75 bits per heavy atom. The van der Waals surface area contributed by atoms with Crippen LogP contribution in [0.5, 0.6) is 0 Å². The van der Waals surface area contributed by atoms with Crippen LogP contribution in [0.2, 0.25) is 0 Å². The fraction of sp³-hybridized carbons (Fsp3) is 0.222. The molecule has 2 rings (SSSR count). The zero-order valence-electron chi connectivity index (χ0n) is 8.10. The van der Waals surface area contributed by atoms with Crippen LogP contribution in [0.15, 0.2) is 27.6 Å². The van der Waals surface area contributed by atoms with Crippen molar-refractivity contribution in [3.8, 4) is 0 Å². The highest BCUT2D eigenvalue weighted by Crippen LogP contribution is 2.32. The number of amides is 1. The van der Waals surface area contributed by atoms with Gasteiger partial charge in [-0.05, 0) is 18.2 Å². The molecule has 7 heteroatoms. The molecule has 0 bridgehead atoms. The van der Waals surface area contributed by atoms with Gasteiger partial charge in [0.1, 0.15) is 0 Å². The average molecular weight is 305 g/mol. The van der Waals surface area contributed by atoms with Crippen LogP contribution in [-0.2, 0) is 14.6 Å². The zero-order valence-corrected chi connectivity index (χ0v) is 10.5. The van der Waals surface area contributed by atoms with Crippen molar-refractivity contribution in [2.45, 2.75) is 10.1 Å². The summed E-state index contributed by atoms with van der Waals surface area (Å²) in [5, 5.41) is 1.34. The minimum absolute atomic E-state index is 0.116. The Hall–Kier alpha value is -0.920. The van der Waals surface area contributed by atoms with Crippen molar-refractivity contribution in [3.63, 3.8) is 0 Å². The molecule has 1 aliphatic heterocycles. The summed E-state index contributed by atoms with van der Waals surface area (Å²) in [5.74, 6) is -0.576. The second-order valence-electron chi connectivity index (χ2n) is 3.40. The van der Waals surface area contributed by atoms with Crippen molar-refractivity contribution in [1.82, 2.24) is 0 Å². The Bertz CT molecular complexity index is 556. The molecule has 0 aliphatic carbocycles. The zero-order chi connectivity index (χ0) is 11.9. The van der Waals surface area contributed by atoms with Crippen molar-refractivity contribution in [2.75, 3.05) is 11.9 Å². The minimum atomic E-state index is -3.66. The van der Waals surface area contributed by atoms with Crippen LogP contribution in [-0.4, -0.2) is 26.1 Å². The van der Waals surface area contributed by atoms with Gasteiger partial charge in [-0.2, -0.15) is 0 Å². The van der Waals surface area contributed by atoms with Gasteiger partial charge in [-0.25, -0.2) is 8.42 Å². The molecular weight excluding hydrogens is 296 g/mol. The van der Waals surface area contributed by atoms with E-state index in [2.05, 4.69) is 21.2 Å². The molecule has 0 aromatic heterocycles. The van der Waals surface area contributed by atoms with E-state index in [1.165, 1.54) is 6.07 Å². The Kier molecular flexibility index (Phi) is 2.77. The Balaban J connectivity index is 2.67. The lowest BCUT2D eigenvalue weighted by atomic mass is 10.3. The van der Waals surface area contributed by atoms with Crippen molar-refractivity contribution in [1.29, 1.82) is 0 Å². The van der Waals surface area contributed by atoms with Gasteiger partial charge in [0.25, 0.3) is 0 Å².